The van der Waals surface area contributed by atoms with Gasteiger partial charge >= 0.3 is 5.97 Å². The van der Waals surface area contributed by atoms with E-state index in [-0.39, 0.29) is 13.2 Å². The van der Waals surface area contributed by atoms with Crippen LogP contribution in [-0.2, 0) is 4.74 Å². The lowest BCUT2D eigenvalue weighted by atomic mass is 10.3. The Balaban J connectivity index is 1.80. The van der Waals surface area contributed by atoms with E-state index in [1.807, 2.05) is 0 Å². The normalized spacial score (nSPS) is 10.2. The second-order valence-corrected chi connectivity index (χ2v) is 4.43. The molecule has 100 valence electrons. The Morgan fingerprint density at radius 3 is 2.47 bits per heavy atom. The van der Waals surface area contributed by atoms with Gasteiger partial charge in [-0.05, 0) is 24.3 Å². The Hall–Kier alpha value is -1.65. The third kappa shape index (κ3) is 3.66. The second-order valence-electron chi connectivity index (χ2n) is 3.62. The molecule has 0 spiro atoms. The highest BCUT2D eigenvalue weighted by molar-refractivity contribution is 6.37. The monoisotopic (exact) mass is 299 g/mol. The summed E-state index contributed by atoms with van der Waals surface area (Å²) in [4.78, 5) is 14.2. The second kappa shape index (κ2) is 6.50. The number of halogens is 2. The van der Waals surface area contributed by atoms with Crippen LogP contribution in [-0.4, -0.2) is 24.2 Å². The molecule has 1 heterocycles. The number of ether oxygens (including phenoxy) is 2. The standard InChI is InChI=1S/C13H11Cl2NO3/c14-9-3-1-4-10(15)12(9)18-7-8-19-13(17)11-5-2-6-16-11/h1-6,16H,7-8H2. The number of H-pyrrole nitrogens is 1. The summed E-state index contributed by atoms with van der Waals surface area (Å²) in [5, 5.41) is 0.839. The summed E-state index contributed by atoms with van der Waals surface area (Å²) in [7, 11) is 0. The van der Waals surface area contributed by atoms with Crippen LogP contribution in [0, 0.1) is 0 Å². The quantitative estimate of drug-likeness (QED) is 0.678. The highest BCUT2D eigenvalue weighted by atomic mass is 35.5. The van der Waals surface area contributed by atoms with E-state index in [2.05, 4.69) is 4.98 Å². The number of rotatable bonds is 5. The van der Waals surface area contributed by atoms with Crippen LogP contribution < -0.4 is 4.74 Å². The lowest BCUT2D eigenvalue weighted by Crippen LogP contribution is -2.12. The van der Waals surface area contributed by atoms with E-state index in [1.54, 1.807) is 36.5 Å². The van der Waals surface area contributed by atoms with Crippen LogP contribution in [0.3, 0.4) is 0 Å². The van der Waals surface area contributed by atoms with Crippen LogP contribution >= 0.6 is 23.2 Å². The van der Waals surface area contributed by atoms with E-state index in [0.29, 0.717) is 21.5 Å². The molecule has 0 saturated heterocycles. The maximum atomic E-state index is 11.5. The van der Waals surface area contributed by atoms with Gasteiger partial charge in [-0.25, -0.2) is 4.79 Å². The molecule has 0 saturated carbocycles. The van der Waals surface area contributed by atoms with Crippen molar-refractivity contribution in [2.75, 3.05) is 13.2 Å². The Kier molecular flexibility index (Phi) is 4.71. The van der Waals surface area contributed by atoms with Gasteiger partial charge in [-0.1, -0.05) is 29.3 Å². The molecule has 0 unspecified atom stereocenters. The molecule has 0 aliphatic heterocycles. The summed E-state index contributed by atoms with van der Waals surface area (Å²) < 4.78 is 10.4. The van der Waals surface area contributed by atoms with Gasteiger partial charge in [-0.3, -0.25) is 0 Å². The smallest absolute Gasteiger partial charge is 0.354 e. The van der Waals surface area contributed by atoms with Crippen molar-refractivity contribution >= 4 is 29.2 Å². The topological polar surface area (TPSA) is 51.3 Å². The average Bonchev–Trinajstić information content (AvgIpc) is 2.91. The van der Waals surface area contributed by atoms with E-state index < -0.39 is 5.97 Å². The molecule has 0 amide bonds. The van der Waals surface area contributed by atoms with Gasteiger partial charge in [-0.2, -0.15) is 0 Å². The van der Waals surface area contributed by atoms with Crippen LogP contribution in [0.4, 0.5) is 0 Å². The number of aromatic amines is 1. The largest absolute Gasteiger partial charge is 0.487 e. The first-order valence-corrected chi connectivity index (χ1v) is 6.31. The highest BCUT2D eigenvalue weighted by Crippen LogP contribution is 2.32. The zero-order valence-electron chi connectivity index (χ0n) is 9.86. The van der Waals surface area contributed by atoms with Gasteiger partial charge in [0.2, 0.25) is 0 Å². The van der Waals surface area contributed by atoms with Gasteiger partial charge in [-0.15, -0.1) is 0 Å². The van der Waals surface area contributed by atoms with E-state index in [1.165, 1.54) is 0 Å². The molecule has 2 rings (SSSR count). The van der Waals surface area contributed by atoms with E-state index in [4.69, 9.17) is 32.7 Å². The van der Waals surface area contributed by atoms with Crippen molar-refractivity contribution in [3.05, 3.63) is 52.3 Å². The molecular formula is C13H11Cl2NO3. The number of nitrogens with one attached hydrogen (secondary N) is 1. The fourth-order valence-electron chi connectivity index (χ4n) is 1.43. The molecule has 19 heavy (non-hydrogen) atoms. The summed E-state index contributed by atoms with van der Waals surface area (Å²) in [5.41, 5.74) is 0.399. The molecule has 4 nitrogen and oxygen atoms in total. The van der Waals surface area contributed by atoms with Crippen molar-refractivity contribution in [2.45, 2.75) is 0 Å². The van der Waals surface area contributed by atoms with Crippen LogP contribution in [0.2, 0.25) is 10.0 Å². The minimum atomic E-state index is -0.432. The number of aromatic nitrogens is 1. The molecule has 6 heteroatoms. The predicted molar refractivity (Wildman–Crippen MR) is 73.0 cm³/mol. The molecule has 1 aromatic heterocycles. The Morgan fingerprint density at radius 1 is 1.11 bits per heavy atom. The third-order valence-corrected chi connectivity index (χ3v) is 2.89. The number of carbonyl (C=O) groups is 1. The molecular weight excluding hydrogens is 289 g/mol. The molecule has 0 bridgehead atoms. The van der Waals surface area contributed by atoms with E-state index in [9.17, 15) is 4.79 Å². The number of carbonyl (C=O) groups excluding carboxylic acids is 1. The summed E-state index contributed by atoms with van der Waals surface area (Å²) >= 11 is 11.9. The summed E-state index contributed by atoms with van der Waals surface area (Å²) in [5.74, 6) is -0.0411. The number of hydrogen-bond donors (Lipinski definition) is 1. The van der Waals surface area contributed by atoms with Crippen molar-refractivity contribution in [1.82, 2.24) is 4.98 Å². The van der Waals surface area contributed by atoms with Crippen LogP contribution in [0.15, 0.2) is 36.5 Å². The summed E-state index contributed by atoms with van der Waals surface area (Å²) in [6.45, 7) is 0.287. The fraction of sp³-hybridized carbons (Fsp3) is 0.154. The van der Waals surface area contributed by atoms with Crippen molar-refractivity contribution in [3.8, 4) is 5.75 Å². The minimum Gasteiger partial charge on any atom is -0.487 e. The van der Waals surface area contributed by atoms with Gasteiger partial charge in [0.1, 0.15) is 18.9 Å². The molecule has 0 fully saturated rings. The molecule has 0 radical (unpaired) electrons. The van der Waals surface area contributed by atoms with Crippen molar-refractivity contribution in [1.29, 1.82) is 0 Å². The lowest BCUT2D eigenvalue weighted by Gasteiger charge is -2.09. The average molecular weight is 300 g/mol. The van der Waals surface area contributed by atoms with Crippen LogP contribution in [0.5, 0.6) is 5.75 Å². The van der Waals surface area contributed by atoms with Gasteiger partial charge in [0.25, 0.3) is 0 Å². The summed E-state index contributed by atoms with van der Waals surface area (Å²) in [6, 6.07) is 8.43. The molecule has 0 atom stereocenters. The predicted octanol–water partition coefficient (Wildman–Crippen LogP) is 3.56. The van der Waals surface area contributed by atoms with Gasteiger partial charge in [0.05, 0.1) is 10.0 Å². The van der Waals surface area contributed by atoms with Gasteiger partial charge in [0.15, 0.2) is 5.75 Å². The van der Waals surface area contributed by atoms with Gasteiger partial charge < -0.3 is 14.5 Å². The zero-order valence-corrected chi connectivity index (χ0v) is 11.4. The summed E-state index contributed by atoms with van der Waals surface area (Å²) in [6.07, 6.45) is 1.65. The molecule has 1 N–H and O–H groups in total. The van der Waals surface area contributed by atoms with E-state index >= 15 is 0 Å². The van der Waals surface area contributed by atoms with Crippen molar-refractivity contribution < 1.29 is 14.3 Å². The maximum absolute atomic E-state index is 11.5. The number of esters is 1. The minimum absolute atomic E-state index is 0.111. The Morgan fingerprint density at radius 2 is 1.84 bits per heavy atom. The first-order valence-electron chi connectivity index (χ1n) is 5.56. The van der Waals surface area contributed by atoms with Crippen molar-refractivity contribution in [2.24, 2.45) is 0 Å². The highest BCUT2D eigenvalue weighted by Gasteiger charge is 2.09. The molecule has 0 aliphatic rings. The SMILES string of the molecule is O=C(OCCOc1c(Cl)cccc1Cl)c1ccc[nH]1. The number of hydrogen-bond acceptors (Lipinski definition) is 3. The Bertz CT molecular complexity index is 535. The lowest BCUT2D eigenvalue weighted by molar-refractivity contribution is 0.0444. The molecule has 1 aromatic carbocycles. The van der Waals surface area contributed by atoms with Gasteiger partial charge in [0, 0.05) is 6.20 Å². The molecule has 0 aliphatic carbocycles. The third-order valence-electron chi connectivity index (χ3n) is 2.30. The molecule has 2 aromatic rings. The van der Waals surface area contributed by atoms with Crippen LogP contribution in [0.25, 0.3) is 0 Å². The maximum Gasteiger partial charge on any atom is 0.354 e. The first kappa shape index (κ1) is 13.8. The number of benzene rings is 1. The number of para-hydroxylation sites is 1. The zero-order chi connectivity index (χ0) is 13.7. The van der Waals surface area contributed by atoms with E-state index in [0.717, 1.165) is 0 Å². The Labute approximate surface area is 120 Å². The van der Waals surface area contributed by atoms with Crippen LogP contribution in [0.1, 0.15) is 10.5 Å². The fourth-order valence-corrected chi connectivity index (χ4v) is 1.94. The first-order chi connectivity index (χ1) is 9.18. The van der Waals surface area contributed by atoms with Crippen molar-refractivity contribution in [3.63, 3.8) is 0 Å².